The predicted molar refractivity (Wildman–Crippen MR) is 81.3 cm³/mol. The van der Waals surface area contributed by atoms with Gasteiger partial charge in [-0.15, -0.1) is 0 Å². The van der Waals surface area contributed by atoms with Crippen LogP contribution in [0.25, 0.3) is 0 Å². The highest BCUT2D eigenvalue weighted by Crippen LogP contribution is 2.28. The lowest BCUT2D eigenvalue weighted by atomic mass is 10.3. The van der Waals surface area contributed by atoms with Crippen LogP contribution < -0.4 is 0 Å². The minimum atomic E-state index is 0.814. The van der Waals surface area contributed by atoms with Crippen molar-refractivity contribution in [3.63, 3.8) is 0 Å². The van der Waals surface area contributed by atoms with Gasteiger partial charge in [-0.05, 0) is 42.3 Å². The Morgan fingerprint density at radius 3 is 2.79 bits per heavy atom. The molecule has 0 unspecified atom stereocenters. The first-order valence-corrected chi connectivity index (χ1v) is 8.10. The summed E-state index contributed by atoms with van der Waals surface area (Å²) < 4.78 is 3.17. The molecular weight excluding hydrogens is 324 g/mol. The van der Waals surface area contributed by atoms with Crippen LogP contribution in [0.3, 0.4) is 0 Å². The minimum absolute atomic E-state index is 0.814. The van der Waals surface area contributed by atoms with Crippen LogP contribution in [0.4, 0.5) is 0 Å². The molecule has 2 aromatic rings. The van der Waals surface area contributed by atoms with E-state index in [0.29, 0.717) is 0 Å². The maximum atomic E-state index is 4.59. The lowest BCUT2D eigenvalue weighted by Gasteiger charge is -2.04. The summed E-state index contributed by atoms with van der Waals surface area (Å²) in [4.78, 5) is 8.68. The summed E-state index contributed by atoms with van der Waals surface area (Å²) in [6.45, 7) is 7.08. The number of halogens is 1. The Bertz CT molecular complexity index is 568. The average molecular weight is 341 g/mol. The molecule has 0 saturated carbocycles. The van der Waals surface area contributed by atoms with Crippen molar-refractivity contribution in [1.82, 2.24) is 19.7 Å². The third-order valence-corrected chi connectivity index (χ3v) is 4.59. The first-order chi connectivity index (χ1) is 9.15. The summed E-state index contributed by atoms with van der Waals surface area (Å²) in [6, 6.07) is 1.91. The number of aryl methyl sites for hydroxylation is 3. The van der Waals surface area contributed by atoms with E-state index < -0.39 is 0 Å². The number of hydrogen-bond acceptors (Lipinski definition) is 4. The SMILES string of the molecule is CCc1nn(CC)c(CSc2nccc(C)n2)c1Br. The summed E-state index contributed by atoms with van der Waals surface area (Å²) in [5.74, 6) is 0.824. The molecule has 0 radical (unpaired) electrons. The smallest absolute Gasteiger partial charge is 0.188 e. The summed E-state index contributed by atoms with van der Waals surface area (Å²) in [5, 5.41) is 5.41. The highest BCUT2D eigenvalue weighted by molar-refractivity contribution is 9.10. The second-order valence-electron chi connectivity index (χ2n) is 4.15. The molecule has 0 fully saturated rings. The van der Waals surface area contributed by atoms with Gasteiger partial charge in [-0.3, -0.25) is 4.68 Å². The molecule has 2 rings (SSSR count). The van der Waals surface area contributed by atoms with Crippen LogP contribution in [0, 0.1) is 6.92 Å². The van der Waals surface area contributed by atoms with Crippen LogP contribution in [-0.2, 0) is 18.7 Å². The van der Waals surface area contributed by atoms with Crippen LogP contribution in [0.1, 0.15) is 30.9 Å². The van der Waals surface area contributed by atoms with Crippen LogP contribution in [0.5, 0.6) is 0 Å². The molecule has 0 bridgehead atoms. The average Bonchev–Trinajstić information content (AvgIpc) is 2.72. The van der Waals surface area contributed by atoms with E-state index >= 15 is 0 Å². The third-order valence-electron chi connectivity index (χ3n) is 2.80. The van der Waals surface area contributed by atoms with Crippen molar-refractivity contribution in [1.29, 1.82) is 0 Å². The van der Waals surface area contributed by atoms with Crippen molar-refractivity contribution in [2.45, 2.75) is 44.6 Å². The molecule has 0 aliphatic carbocycles. The Morgan fingerprint density at radius 1 is 1.37 bits per heavy atom. The van der Waals surface area contributed by atoms with Crippen molar-refractivity contribution in [2.24, 2.45) is 0 Å². The summed E-state index contributed by atoms with van der Waals surface area (Å²) in [6.07, 6.45) is 2.74. The van der Waals surface area contributed by atoms with E-state index in [1.165, 1.54) is 5.69 Å². The van der Waals surface area contributed by atoms with Crippen molar-refractivity contribution >= 4 is 27.7 Å². The van der Waals surface area contributed by atoms with E-state index in [1.54, 1.807) is 18.0 Å². The standard InChI is InChI=1S/C13H17BrN4S/c1-4-10-12(14)11(18(5-2)17-10)8-19-13-15-7-6-9(3)16-13/h6-7H,4-5,8H2,1-3H3. The Labute approximate surface area is 126 Å². The van der Waals surface area contributed by atoms with Gasteiger partial charge in [-0.1, -0.05) is 18.7 Å². The number of hydrogen-bond donors (Lipinski definition) is 0. The summed E-state index contributed by atoms with van der Waals surface area (Å²) in [7, 11) is 0. The number of rotatable bonds is 5. The molecule has 19 heavy (non-hydrogen) atoms. The fourth-order valence-corrected chi connectivity index (χ4v) is 3.58. The van der Waals surface area contributed by atoms with Gasteiger partial charge in [0.05, 0.1) is 15.9 Å². The Balaban J connectivity index is 2.17. The molecule has 0 atom stereocenters. The monoisotopic (exact) mass is 340 g/mol. The Hall–Kier alpha value is -0.880. The van der Waals surface area contributed by atoms with E-state index in [-0.39, 0.29) is 0 Å². The van der Waals surface area contributed by atoms with Crippen molar-refractivity contribution in [3.05, 3.63) is 33.8 Å². The highest BCUT2D eigenvalue weighted by Gasteiger charge is 2.14. The second kappa shape index (κ2) is 6.52. The first-order valence-electron chi connectivity index (χ1n) is 6.32. The quantitative estimate of drug-likeness (QED) is 0.615. The zero-order valence-electron chi connectivity index (χ0n) is 11.4. The third kappa shape index (κ3) is 3.36. The fraction of sp³-hybridized carbons (Fsp3) is 0.462. The van der Waals surface area contributed by atoms with Crippen molar-refractivity contribution in [2.75, 3.05) is 0 Å². The zero-order chi connectivity index (χ0) is 13.8. The molecule has 0 spiro atoms. The lowest BCUT2D eigenvalue weighted by molar-refractivity contribution is 0.627. The molecule has 0 aliphatic rings. The fourth-order valence-electron chi connectivity index (χ4n) is 1.78. The van der Waals surface area contributed by atoms with Gasteiger partial charge < -0.3 is 0 Å². The topological polar surface area (TPSA) is 43.6 Å². The molecule has 0 amide bonds. The van der Waals surface area contributed by atoms with Crippen LogP contribution in [0.15, 0.2) is 21.9 Å². The van der Waals surface area contributed by atoms with E-state index in [1.807, 2.05) is 17.7 Å². The maximum Gasteiger partial charge on any atom is 0.188 e. The molecule has 0 N–H and O–H groups in total. The molecule has 0 saturated heterocycles. The van der Waals surface area contributed by atoms with E-state index in [4.69, 9.17) is 0 Å². The molecule has 0 aromatic carbocycles. The number of nitrogens with zero attached hydrogens (tertiary/aromatic N) is 4. The molecular formula is C13H17BrN4S. The van der Waals surface area contributed by atoms with E-state index in [2.05, 4.69) is 44.8 Å². The van der Waals surface area contributed by atoms with Crippen molar-refractivity contribution in [3.8, 4) is 0 Å². The minimum Gasteiger partial charge on any atom is -0.268 e. The van der Waals surface area contributed by atoms with Crippen molar-refractivity contribution < 1.29 is 0 Å². The highest BCUT2D eigenvalue weighted by atomic mass is 79.9. The van der Waals surface area contributed by atoms with E-state index in [0.717, 1.165) is 39.7 Å². The van der Waals surface area contributed by atoms with Gasteiger partial charge >= 0.3 is 0 Å². The summed E-state index contributed by atoms with van der Waals surface area (Å²) >= 11 is 5.30. The Kier molecular flexibility index (Phi) is 4.99. The predicted octanol–water partition coefficient (Wildman–Crippen LogP) is 3.62. The van der Waals surface area contributed by atoms with Gasteiger partial charge in [0.25, 0.3) is 0 Å². The van der Waals surface area contributed by atoms with Gasteiger partial charge in [0, 0.05) is 24.2 Å². The normalized spacial score (nSPS) is 10.9. The first kappa shape index (κ1) is 14.5. The van der Waals surface area contributed by atoms with E-state index in [9.17, 15) is 0 Å². The molecule has 4 nitrogen and oxygen atoms in total. The van der Waals surface area contributed by atoms with Crippen LogP contribution >= 0.6 is 27.7 Å². The van der Waals surface area contributed by atoms with Gasteiger partial charge in [0.2, 0.25) is 0 Å². The van der Waals surface area contributed by atoms with Gasteiger partial charge in [-0.25, -0.2) is 9.97 Å². The maximum absolute atomic E-state index is 4.59. The van der Waals surface area contributed by atoms with Crippen LogP contribution in [-0.4, -0.2) is 19.7 Å². The molecule has 6 heteroatoms. The molecule has 2 aromatic heterocycles. The number of thioether (sulfide) groups is 1. The summed E-state index contributed by atoms with van der Waals surface area (Å²) in [5.41, 5.74) is 3.31. The Morgan fingerprint density at radius 2 is 2.16 bits per heavy atom. The largest absolute Gasteiger partial charge is 0.268 e. The van der Waals surface area contributed by atoms with Gasteiger partial charge in [0.15, 0.2) is 5.16 Å². The lowest BCUT2D eigenvalue weighted by Crippen LogP contribution is -2.02. The second-order valence-corrected chi connectivity index (χ2v) is 5.88. The molecule has 102 valence electrons. The van der Waals surface area contributed by atoms with Gasteiger partial charge in [0.1, 0.15) is 0 Å². The van der Waals surface area contributed by atoms with Gasteiger partial charge in [-0.2, -0.15) is 5.10 Å². The zero-order valence-corrected chi connectivity index (χ0v) is 13.8. The molecule has 2 heterocycles. The molecule has 0 aliphatic heterocycles. The number of aromatic nitrogens is 4. The van der Waals surface area contributed by atoms with Crippen LogP contribution in [0.2, 0.25) is 0 Å².